The van der Waals surface area contributed by atoms with Gasteiger partial charge in [-0.25, -0.2) is 0 Å². The third-order valence-corrected chi connectivity index (χ3v) is 6.77. The fourth-order valence-corrected chi connectivity index (χ4v) is 4.99. The predicted molar refractivity (Wildman–Crippen MR) is 82.8 cm³/mol. The Morgan fingerprint density at radius 3 is 2.47 bits per heavy atom. The minimum atomic E-state index is -0.566. The second-order valence-electron chi connectivity index (χ2n) is 4.86. The second-order valence-corrected chi connectivity index (χ2v) is 7.86. The highest BCUT2D eigenvalue weighted by atomic mass is 32.2. The normalized spacial score (nSPS) is 28.7. The van der Waals surface area contributed by atoms with E-state index in [-0.39, 0.29) is 17.0 Å². The van der Waals surface area contributed by atoms with Gasteiger partial charge in [-0.15, -0.1) is 11.8 Å². The summed E-state index contributed by atoms with van der Waals surface area (Å²) >= 11 is 3.54. The summed E-state index contributed by atoms with van der Waals surface area (Å²) in [5.41, 5.74) is 0. The highest BCUT2D eigenvalue weighted by Crippen LogP contribution is 2.37. The molecule has 1 heterocycles. The van der Waals surface area contributed by atoms with Crippen molar-refractivity contribution in [1.82, 2.24) is 0 Å². The van der Waals surface area contributed by atoms with Crippen molar-refractivity contribution in [1.29, 1.82) is 0 Å². The Kier molecular flexibility index (Phi) is 7.29. The smallest absolute Gasteiger partial charge is 0.316 e. The van der Waals surface area contributed by atoms with Crippen molar-refractivity contribution in [2.24, 2.45) is 5.92 Å². The van der Waals surface area contributed by atoms with Crippen molar-refractivity contribution in [3.05, 3.63) is 0 Å². The summed E-state index contributed by atoms with van der Waals surface area (Å²) in [7, 11) is 0. The Balaban J connectivity index is 2.68. The van der Waals surface area contributed by atoms with Crippen LogP contribution in [0.3, 0.4) is 0 Å². The molecular weight excluding hydrogens is 280 g/mol. The van der Waals surface area contributed by atoms with E-state index in [4.69, 9.17) is 4.74 Å². The average Bonchev–Trinajstić information content (AvgIpc) is 2.38. The molecule has 0 amide bonds. The van der Waals surface area contributed by atoms with Gasteiger partial charge in [0.1, 0.15) is 5.92 Å². The lowest BCUT2D eigenvalue weighted by Crippen LogP contribution is -2.38. The quantitative estimate of drug-likeness (QED) is 0.557. The van der Waals surface area contributed by atoms with Gasteiger partial charge in [-0.2, -0.15) is 11.8 Å². The van der Waals surface area contributed by atoms with Gasteiger partial charge in [-0.1, -0.05) is 27.2 Å². The summed E-state index contributed by atoms with van der Waals surface area (Å²) in [5.74, 6) is -0.0272. The van der Waals surface area contributed by atoms with Crippen LogP contribution in [0.5, 0.6) is 0 Å². The monoisotopic (exact) mass is 304 g/mol. The van der Waals surface area contributed by atoms with Crippen LogP contribution in [0.1, 0.15) is 40.5 Å². The van der Waals surface area contributed by atoms with Gasteiger partial charge in [0.05, 0.1) is 11.9 Å². The molecule has 0 aliphatic carbocycles. The maximum absolute atomic E-state index is 12.5. The predicted octanol–water partition coefficient (Wildman–Crippen LogP) is 3.16. The molecule has 4 unspecified atom stereocenters. The van der Waals surface area contributed by atoms with Crippen molar-refractivity contribution in [2.45, 2.75) is 56.3 Å². The molecule has 110 valence electrons. The van der Waals surface area contributed by atoms with E-state index < -0.39 is 5.92 Å². The third-order valence-electron chi connectivity index (χ3n) is 3.36. The Morgan fingerprint density at radius 2 is 1.95 bits per heavy atom. The molecule has 1 aliphatic heterocycles. The number of hydrogen-bond donors (Lipinski definition) is 0. The fourth-order valence-electron chi connectivity index (χ4n) is 2.07. The summed E-state index contributed by atoms with van der Waals surface area (Å²) in [5, 5.41) is 0.968. The minimum Gasteiger partial charge on any atom is -0.465 e. The Hall–Kier alpha value is -0.160. The SMILES string of the molecule is CCCC(C(=O)OCC)C(=O)C1CSC(C)C(C)S1. The second kappa shape index (κ2) is 8.20. The van der Waals surface area contributed by atoms with Gasteiger partial charge in [0.25, 0.3) is 0 Å². The Bertz CT molecular complexity index is 320. The highest BCUT2D eigenvalue weighted by molar-refractivity contribution is 8.08. The van der Waals surface area contributed by atoms with Crippen LogP contribution in [0.2, 0.25) is 0 Å². The molecule has 5 heteroatoms. The number of Topliss-reactive ketones (excluding diaryl/α,β-unsaturated/α-hetero) is 1. The summed E-state index contributed by atoms with van der Waals surface area (Å²) in [6.45, 7) is 8.46. The lowest BCUT2D eigenvalue weighted by Gasteiger charge is -2.31. The van der Waals surface area contributed by atoms with Crippen LogP contribution in [0, 0.1) is 5.92 Å². The van der Waals surface area contributed by atoms with Gasteiger partial charge in [-0.05, 0) is 13.3 Å². The molecule has 0 N–H and O–H groups in total. The van der Waals surface area contributed by atoms with E-state index in [0.717, 1.165) is 12.2 Å². The number of esters is 1. The van der Waals surface area contributed by atoms with Crippen molar-refractivity contribution >= 4 is 35.3 Å². The number of rotatable bonds is 6. The molecular formula is C14H24O3S2. The maximum Gasteiger partial charge on any atom is 0.316 e. The van der Waals surface area contributed by atoms with Crippen molar-refractivity contribution in [3.63, 3.8) is 0 Å². The van der Waals surface area contributed by atoms with Gasteiger partial charge < -0.3 is 4.74 Å². The summed E-state index contributed by atoms with van der Waals surface area (Å²) in [6.07, 6.45) is 1.43. The molecule has 0 bridgehead atoms. The van der Waals surface area contributed by atoms with Crippen LogP contribution in [0.15, 0.2) is 0 Å². The minimum absolute atomic E-state index is 0.0582. The Labute approximate surface area is 124 Å². The third kappa shape index (κ3) is 4.71. The molecule has 3 nitrogen and oxygen atoms in total. The zero-order valence-electron chi connectivity index (χ0n) is 12.2. The molecule has 0 radical (unpaired) electrons. The first-order valence-electron chi connectivity index (χ1n) is 6.98. The number of ether oxygens (including phenoxy) is 1. The van der Waals surface area contributed by atoms with Crippen LogP contribution in [0.25, 0.3) is 0 Å². The molecule has 0 aromatic carbocycles. The van der Waals surface area contributed by atoms with Gasteiger partial charge in [0, 0.05) is 16.3 Å². The maximum atomic E-state index is 12.5. The van der Waals surface area contributed by atoms with Crippen LogP contribution < -0.4 is 0 Å². The van der Waals surface area contributed by atoms with E-state index in [1.54, 1.807) is 18.7 Å². The topological polar surface area (TPSA) is 43.4 Å². The van der Waals surface area contributed by atoms with E-state index in [1.165, 1.54) is 0 Å². The summed E-state index contributed by atoms with van der Waals surface area (Å²) < 4.78 is 5.04. The van der Waals surface area contributed by atoms with Crippen LogP contribution in [-0.2, 0) is 14.3 Å². The number of hydrogen-bond acceptors (Lipinski definition) is 5. The fraction of sp³-hybridized carbons (Fsp3) is 0.857. The standard InChI is InChI=1S/C14H24O3S2/c1-5-7-11(14(16)17-6-2)13(15)12-8-18-9(3)10(4)19-12/h9-12H,5-8H2,1-4H3. The van der Waals surface area contributed by atoms with E-state index in [0.29, 0.717) is 23.5 Å². The zero-order chi connectivity index (χ0) is 14.4. The first kappa shape index (κ1) is 16.9. The van der Waals surface area contributed by atoms with E-state index in [1.807, 2.05) is 18.7 Å². The average molecular weight is 304 g/mol. The molecule has 4 atom stereocenters. The number of carbonyl (C=O) groups excluding carboxylic acids is 2. The molecule has 0 spiro atoms. The molecule has 1 rings (SSSR count). The zero-order valence-corrected chi connectivity index (χ0v) is 13.8. The summed E-state index contributed by atoms with van der Waals surface area (Å²) in [6, 6.07) is 0. The van der Waals surface area contributed by atoms with E-state index in [9.17, 15) is 9.59 Å². The molecule has 0 aromatic heterocycles. The number of ketones is 1. The summed E-state index contributed by atoms with van der Waals surface area (Å²) in [4.78, 5) is 24.4. The highest BCUT2D eigenvalue weighted by Gasteiger charge is 2.37. The molecule has 0 aromatic rings. The van der Waals surface area contributed by atoms with Crippen molar-refractivity contribution in [2.75, 3.05) is 12.4 Å². The largest absolute Gasteiger partial charge is 0.465 e. The molecule has 1 saturated heterocycles. The lowest BCUT2D eigenvalue weighted by atomic mass is 9.97. The molecule has 1 fully saturated rings. The van der Waals surface area contributed by atoms with Gasteiger partial charge in [-0.3, -0.25) is 9.59 Å². The number of carbonyl (C=O) groups is 2. The van der Waals surface area contributed by atoms with Gasteiger partial charge >= 0.3 is 5.97 Å². The first-order chi connectivity index (χ1) is 9.01. The molecule has 1 aliphatic rings. The number of thioether (sulfide) groups is 2. The van der Waals surface area contributed by atoms with Crippen molar-refractivity contribution in [3.8, 4) is 0 Å². The van der Waals surface area contributed by atoms with Crippen molar-refractivity contribution < 1.29 is 14.3 Å². The molecule has 0 saturated carbocycles. The van der Waals surface area contributed by atoms with Gasteiger partial charge in [0.15, 0.2) is 5.78 Å². The van der Waals surface area contributed by atoms with Gasteiger partial charge in [0.2, 0.25) is 0 Å². The molecule has 19 heavy (non-hydrogen) atoms. The lowest BCUT2D eigenvalue weighted by molar-refractivity contribution is -0.151. The van der Waals surface area contributed by atoms with Crippen LogP contribution >= 0.6 is 23.5 Å². The van der Waals surface area contributed by atoms with E-state index >= 15 is 0 Å². The Morgan fingerprint density at radius 1 is 1.26 bits per heavy atom. The van der Waals surface area contributed by atoms with E-state index in [2.05, 4.69) is 13.8 Å². The van der Waals surface area contributed by atoms with Crippen LogP contribution in [0.4, 0.5) is 0 Å². The van der Waals surface area contributed by atoms with Crippen LogP contribution in [-0.4, -0.2) is 39.9 Å². The first-order valence-corrected chi connectivity index (χ1v) is 8.97.